The third-order valence-electron chi connectivity index (χ3n) is 3.94. The quantitative estimate of drug-likeness (QED) is 0.864. The normalized spacial score (nSPS) is 23.1. The van der Waals surface area contributed by atoms with E-state index >= 15 is 0 Å². The standard InChI is InChI=1S/C15H16N2O3/c1-7-3-9-5-12-10(4-8(2)18-12)13(14(9)19-7)11-6-17-20-15(11)16/h5-8H,3-4,16H2,1-2H3. The van der Waals surface area contributed by atoms with Crippen molar-refractivity contribution in [1.82, 2.24) is 5.16 Å². The van der Waals surface area contributed by atoms with Crippen molar-refractivity contribution < 1.29 is 14.0 Å². The molecule has 0 radical (unpaired) electrons. The van der Waals surface area contributed by atoms with E-state index in [1.165, 1.54) is 5.56 Å². The van der Waals surface area contributed by atoms with Crippen molar-refractivity contribution in [3.8, 4) is 22.6 Å². The maximum atomic E-state index is 6.00. The highest BCUT2D eigenvalue weighted by Crippen LogP contribution is 2.49. The zero-order valence-electron chi connectivity index (χ0n) is 11.5. The van der Waals surface area contributed by atoms with Crippen molar-refractivity contribution >= 4 is 5.88 Å². The third kappa shape index (κ3) is 1.52. The number of nitrogens with two attached hydrogens (primary N) is 1. The van der Waals surface area contributed by atoms with Gasteiger partial charge in [-0.15, -0.1) is 0 Å². The Morgan fingerprint density at radius 2 is 2.00 bits per heavy atom. The number of benzene rings is 1. The zero-order valence-corrected chi connectivity index (χ0v) is 11.5. The Hall–Kier alpha value is -2.17. The van der Waals surface area contributed by atoms with Crippen LogP contribution in [0, 0.1) is 0 Å². The van der Waals surface area contributed by atoms with Gasteiger partial charge in [0.25, 0.3) is 0 Å². The molecule has 5 heteroatoms. The number of anilines is 1. The molecule has 0 saturated carbocycles. The number of nitrogen functional groups attached to an aromatic ring is 1. The summed E-state index contributed by atoms with van der Waals surface area (Å²) >= 11 is 0. The molecule has 4 rings (SSSR count). The van der Waals surface area contributed by atoms with Crippen molar-refractivity contribution in [2.24, 2.45) is 0 Å². The summed E-state index contributed by atoms with van der Waals surface area (Å²) in [5.41, 5.74) is 10.00. The number of aromatic nitrogens is 1. The van der Waals surface area contributed by atoms with Crippen LogP contribution in [0.15, 0.2) is 16.8 Å². The molecule has 20 heavy (non-hydrogen) atoms. The summed E-state index contributed by atoms with van der Waals surface area (Å²) in [4.78, 5) is 0. The molecular weight excluding hydrogens is 256 g/mol. The first-order valence-corrected chi connectivity index (χ1v) is 6.86. The van der Waals surface area contributed by atoms with Gasteiger partial charge in [-0.1, -0.05) is 5.16 Å². The minimum absolute atomic E-state index is 0.171. The predicted octanol–water partition coefficient (Wildman–Crippen LogP) is 2.57. The van der Waals surface area contributed by atoms with Crippen molar-refractivity contribution in [2.75, 3.05) is 5.73 Å². The van der Waals surface area contributed by atoms with Gasteiger partial charge in [-0.2, -0.15) is 0 Å². The van der Waals surface area contributed by atoms with Crippen LogP contribution in [0.3, 0.4) is 0 Å². The van der Waals surface area contributed by atoms with Gasteiger partial charge in [-0.05, 0) is 19.9 Å². The van der Waals surface area contributed by atoms with Crippen LogP contribution in [0.25, 0.3) is 11.1 Å². The van der Waals surface area contributed by atoms with E-state index in [1.54, 1.807) is 6.20 Å². The molecule has 104 valence electrons. The molecule has 2 aromatic rings. The lowest BCUT2D eigenvalue weighted by molar-refractivity contribution is 0.254. The maximum Gasteiger partial charge on any atom is 0.230 e. The van der Waals surface area contributed by atoms with Crippen LogP contribution in [0.2, 0.25) is 0 Å². The highest BCUT2D eigenvalue weighted by atomic mass is 16.5. The fraction of sp³-hybridized carbons (Fsp3) is 0.400. The van der Waals surface area contributed by atoms with Crippen molar-refractivity contribution in [2.45, 2.75) is 38.9 Å². The Labute approximate surface area is 116 Å². The van der Waals surface area contributed by atoms with Crippen LogP contribution >= 0.6 is 0 Å². The van der Waals surface area contributed by atoms with Crippen LogP contribution in [0.1, 0.15) is 25.0 Å². The lowest BCUT2D eigenvalue weighted by Crippen LogP contribution is -2.07. The third-order valence-corrected chi connectivity index (χ3v) is 3.94. The Balaban J connectivity index is 2.00. The molecule has 0 aliphatic carbocycles. The Bertz CT molecular complexity index is 656. The zero-order chi connectivity index (χ0) is 13.9. The molecule has 2 aliphatic heterocycles. The van der Waals surface area contributed by atoms with Gasteiger partial charge >= 0.3 is 0 Å². The molecule has 0 fully saturated rings. The molecule has 2 aliphatic rings. The summed E-state index contributed by atoms with van der Waals surface area (Å²) in [6, 6.07) is 2.10. The van der Waals surface area contributed by atoms with Crippen LogP contribution < -0.4 is 15.2 Å². The molecule has 0 amide bonds. The summed E-state index contributed by atoms with van der Waals surface area (Å²) in [6.07, 6.45) is 3.73. The van der Waals surface area contributed by atoms with E-state index in [9.17, 15) is 0 Å². The summed E-state index contributed by atoms with van der Waals surface area (Å²) in [5.74, 6) is 2.16. The number of nitrogens with zero attached hydrogens (tertiary/aromatic N) is 1. The molecule has 0 saturated heterocycles. The maximum absolute atomic E-state index is 6.00. The number of hydrogen-bond acceptors (Lipinski definition) is 5. The molecule has 1 aromatic carbocycles. The second-order valence-corrected chi connectivity index (χ2v) is 5.59. The molecule has 0 spiro atoms. The molecule has 2 N–H and O–H groups in total. The van der Waals surface area contributed by atoms with E-state index in [4.69, 9.17) is 19.7 Å². The molecular formula is C15H16N2O3. The number of fused-ring (bicyclic) bond motifs is 2. The van der Waals surface area contributed by atoms with Gasteiger partial charge in [0.05, 0.1) is 11.8 Å². The fourth-order valence-corrected chi connectivity index (χ4v) is 3.15. The van der Waals surface area contributed by atoms with Gasteiger partial charge in [-0.3, -0.25) is 0 Å². The average molecular weight is 272 g/mol. The second-order valence-electron chi connectivity index (χ2n) is 5.59. The van der Waals surface area contributed by atoms with Crippen LogP contribution in [-0.4, -0.2) is 17.4 Å². The molecule has 2 unspecified atom stereocenters. The highest BCUT2D eigenvalue weighted by molar-refractivity contribution is 5.84. The summed E-state index contributed by atoms with van der Waals surface area (Å²) < 4.78 is 16.9. The summed E-state index contributed by atoms with van der Waals surface area (Å²) in [5, 5.41) is 3.79. The highest BCUT2D eigenvalue weighted by Gasteiger charge is 2.33. The number of rotatable bonds is 1. The first-order chi connectivity index (χ1) is 9.63. The minimum atomic E-state index is 0.171. The topological polar surface area (TPSA) is 70.5 Å². The van der Waals surface area contributed by atoms with Gasteiger partial charge in [-0.25, -0.2) is 0 Å². The van der Waals surface area contributed by atoms with Gasteiger partial charge in [0.1, 0.15) is 23.7 Å². The molecule has 1 aromatic heterocycles. The van der Waals surface area contributed by atoms with Crippen LogP contribution in [0.5, 0.6) is 11.5 Å². The van der Waals surface area contributed by atoms with Crippen LogP contribution in [0.4, 0.5) is 5.88 Å². The molecule has 0 bridgehead atoms. The van der Waals surface area contributed by atoms with Gasteiger partial charge in [0.2, 0.25) is 5.88 Å². The van der Waals surface area contributed by atoms with Crippen molar-refractivity contribution in [3.63, 3.8) is 0 Å². The van der Waals surface area contributed by atoms with Crippen molar-refractivity contribution in [3.05, 3.63) is 23.4 Å². The first-order valence-electron chi connectivity index (χ1n) is 6.86. The van der Waals surface area contributed by atoms with Crippen LogP contribution in [-0.2, 0) is 12.8 Å². The Morgan fingerprint density at radius 3 is 2.75 bits per heavy atom. The first kappa shape index (κ1) is 11.6. The van der Waals surface area contributed by atoms with Gasteiger partial charge < -0.3 is 19.7 Å². The second kappa shape index (κ2) is 3.91. The summed E-state index contributed by atoms with van der Waals surface area (Å²) in [7, 11) is 0. The summed E-state index contributed by atoms with van der Waals surface area (Å²) in [6.45, 7) is 4.13. The monoisotopic (exact) mass is 272 g/mol. The van der Waals surface area contributed by atoms with Gasteiger partial charge in [0, 0.05) is 29.5 Å². The predicted molar refractivity (Wildman–Crippen MR) is 73.9 cm³/mol. The Kier molecular flexibility index (Phi) is 2.28. The largest absolute Gasteiger partial charge is 0.490 e. The fourth-order valence-electron chi connectivity index (χ4n) is 3.15. The van der Waals surface area contributed by atoms with E-state index in [1.807, 2.05) is 0 Å². The lowest BCUT2D eigenvalue weighted by atomic mass is 9.94. The lowest BCUT2D eigenvalue weighted by Gasteiger charge is -2.12. The smallest absolute Gasteiger partial charge is 0.230 e. The van der Waals surface area contributed by atoms with E-state index in [-0.39, 0.29) is 12.2 Å². The SMILES string of the molecule is CC1Cc2c(cc3c(c2-c2cnoc2N)OC(C)C3)O1. The van der Waals surface area contributed by atoms with E-state index in [2.05, 4.69) is 25.1 Å². The minimum Gasteiger partial charge on any atom is -0.490 e. The number of ether oxygens (including phenoxy) is 2. The molecule has 5 nitrogen and oxygen atoms in total. The van der Waals surface area contributed by atoms with E-state index < -0.39 is 0 Å². The van der Waals surface area contributed by atoms with E-state index in [0.29, 0.717) is 5.88 Å². The number of hydrogen-bond donors (Lipinski definition) is 1. The molecule has 2 atom stereocenters. The van der Waals surface area contributed by atoms with E-state index in [0.717, 1.165) is 41.0 Å². The average Bonchev–Trinajstić information content (AvgIpc) is 3.04. The van der Waals surface area contributed by atoms with Gasteiger partial charge in [0.15, 0.2) is 0 Å². The Morgan fingerprint density at radius 1 is 1.20 bits per heavy atom. The molecule has 3 heterocycles. The van der Waals surface area contributed by atoms with Crippen molar-refractivity contribution in [1.29, 1.82) is 0 Å².